The molecule has 1 aliphatic heterocycles. The van der Waals surface area contributed by atoms with Crippen molar-refractivity contribution in [1.82, 2.24) is 4.98 Å². The summed E-state index contributed by atoms with van der Waals surface area (Å²) in [5.41, 5.74) is 2.04. The van der Waals surface area contributed by atoms with E-state index < -0.39 is 5.92 Å². The van der Waals surface area contributed by atoms with Gasteiger partial charge in [-0.05, 0) is 36.2 Å². The highest BCUT2D eigenvalue weighted by atomic mass is 16.3. The fourth-order valence-corrected chi connectivity index (χ4v) is 2.98. The average Bonchev–Trinajstić information content (AvgIpc) is 3.00. The molecule has 0 radical (unpaired) electrons. The number of rotatable bonds is 5. The van der Waals surface area contributed by atoms with Crippen molar-refractivity contribution in [2.24, 2.45) is 5.92 Å². The number of aromatic nitrogens is 1. The molecule has 1 aromatic carbocycles. The summed E-state index contributed by atoms with van der Waals surface area (Å²) in [5.74, 6) is -0.837. The van der Waals surface area contributed by atoms with E-state index in [4.69, 9.17) is 0 Å². The molecule has 6 heteroatoms. The first-order chi connectivity index (χ1) is 12.1. The number of pyridine rings is 1. The third kappa shape index (κ3) is 3.79. The Morgan fingerprint density at radius 2 is 2.08 bits per heavy atom. The first kappa shape index (κ1) is 17.0. The fourth-order valence-electron chi connectivity index (χ4n) is 2.98. The van der Waals surface area contributed by atoms with Crippen LogP contribution in [-0.4, -0.2) is 28.4 Å². The molecule has 1 atom stereocenters. The van der Waals surface area contributed by atoms with Crippen LogP contribution >= 0.6 is 0 Å². The van der Waals surface area contributed by atoms with Crippen molar-refractivity contribution in [3.8, 4) is 5.75 Å². The smallest absolute Gasteiger partial charge is 0.231 e. The largest absolute Gasteiger partial charge is 0.504 e. The Hall–Kier alpha value is -2.89. The number of carbonyl (C=O) groups is 2. The van der Waals surface area contributed by atoms with Gasteiger partial charge < -0.3 is 15.3 Å². The summed E-state index contributed by atoms with van der Waals surface area (Å²) in [5, 5.41) is 12.3. The van der Waals surface area contributed by atoms with Gasteiger partial charge in [-0.2, -0.15) is 0 Å². The molecule has 0 aliphatic carbocycles. The van der Waals surface area contributed by atoms with E-state index >= 15 is 0 Å². The Bertz CT molecular complexity index is 774. The summed E-state index contributed by atoms with van der Waals surface area (Å²) in [4.78, 5) is 30.3. The lowest BCUT2D eigenvalue weighted by Crippen LogP contribution is -2.28. The number of aromatic hydroxyl groups is 1. The average molecular weight is 339 g/mol. The van der Waals surface area contributed by atoms with Crippen molar-refractivity contribution in [3.05, 3.63) is 48.2 Å². The summed E-state index contributed by atoms with van der Waals surface area (Å²) in [7, 11) is 0. The van der Waals surface area contributed by atoms with Crippen LogP contribution in [0.4, 0.5) is 11.5 Å². The predicted octanol–water partition coefficient (Wildman–Crippen LogP) is 2.73. The lowest BCUT2D eigenvalue weighted by atomic mass is 10.1. The Balaban J connectivity index is 1.67. The standard InChI is InChI=1S/C19H21N3O3/c1-2-4-13-6-8-15(9-7-13)22-12-14(11-17(22)24)19(25)21-18-16(23)5-3-10-20-18/h3,5-10,14,23H,2,4,11-12H2,1H3,(H,20,21,25)/t14-/m1/s1. The van der Waals surface area contributed by atoms with E-state index in [0.29, 0.717) is 6.54 Å². The number of benzene rings is 1. The molecule has 3 rings (SSSR count). The molecule has 130 valence electrons. The van der Waals surface area contributed by atoms with Crippen LogP contribution in [0.2, 0.25) is 0 Å². The Morgan fingerprint density at radius 3 is 2.76 bits per heavy atom. The number of nitrogens with one attached hydrogen (secondary N) is 1. The van der Waals surface area contributed by atoms with Gasteiger partial charge in [0.2, 0.25) is 11.8 Å². The molecule has 0 bridgehead atoms. The molecule has 25 heavy (non-hydrogen) atoms. The van der Waals surface area contributed by atoms with Crippen LogP contribution in [0, 0.1) is 5.92 Å². The summed E-state index contributed by atoms with van der Waals surface area (Å²) in [6.45, 7) is 2.45. The Morgan fingerprint density at radius 1 is 1.32 bits per heavy atom. The van der Waals surface area contributed by atoms with Crippen LogP contribution < -0.4 is 10.2 Å². The van der Waals surface area contributed by atoms with Crippen LogP contribution in [0.5, 0.6) is 5.75 Å². The van der Waals surface area contributed by atoms with Crippen molar-refractivity contribution in [2.75, 3.05) is 16.8 Å². The second-order valence-corrected chi connectivity index (χ2v) is 6.18. The predicted molar refractivity (Wildman–Crippen MR) is 95.4 cm³/mol. The number of aryl methyl sites for hydroxylation is 1. The van der Waals surface area contributed by atoms with Gasteiger partial charge in [-0.3, -0.25) is 9.59 Å². The van der Waals surface area contributed by atoms with Crippen molar-refractivity contribution < 1.29 is 14.7 Å². The van der Waals surface area contributed by atoms with Gasteiger partial charge >= 0.3 is 0 Å². The van der Waals surface area contributed by atoms with Crippen LogP contribution in [0.1, 0.15) is 25.3 Å². The number of hydrogen-bond donors (Lipinski definition) is 2. The topological polar surface area (TPSA) is 82.5 Å². The molecule has 1 fully saturated rings. The minimum Gasteiger partial charge on any atom is -0.504 e. The van der Waals surface area contributed by atoms with Crippen LogP contribution in [0.25, 0.3) is 0 Å². The summed E-state index contributed by atoms with van der Waals surface area (Å²) in [6.07, 6.45) is 3.72. The minimum absolute atomic E-state index is 0.0753. The molecular weight excluding hydrogens is 318 g/mol. The molecule has 1 aromatic heterocycles. The molecule has 2 amide bonds. The van der Waals surface area contributed by atoms with E-state index in [1.165, 1.54) is 17.8 Å². The first-order valence-corrected chi connectivity index (χ1v) is 8.42. The molecule has 1 saturated heterocycles. The lowest BCUT2D eigenvalue weighted by Gasteiger charge is -2.17. The third-order valence-corrected chi connectivity index (χ3v) is 4.31. The van der Waals surface area contributed by atoms with E-state index in [1.807, 2.05) is 24.3 Å². The minimum atomic E-state index is -0.468. The molecule has 2 heterocycles. The van der Waals surface area contributed by atoms with Gasteiger partial charge in [0.05, 0.1) is 5.92 Å². The summed E-state index contributed by atoms with van der Waals surface area (Å²) < 4.78 is 0. The van der Waals surface area contributed by atoms with Gasteiger partial charge in [-0.25, -0.2) is 4.98 Å². The molecule has 2 aromatic rings. The molecule has 1 aliphatic rings. The quantitative estimate of drug-likeness (QED) is 0.877. The third-order valence-electron chi connectivity index (χ3n) is 4.31. The first-order valence-electron chi connectivity index (χ1n) is 8.42. The van der Waals surface area contributed by atoms with Crippen LogP contribution in [0.15, 0.2) is 42.6 Å². The monoisotopic (exact) mass is 339 g/mol. The number of nitrogens with zero attached hydrogens (tertiary/aromatic N) is 2. The van der Waals surface area contributed by atoms with Gasteiger partial charge in [-0.1, -0.05) is 25.5 Å². The Kier molecular flexibility index (Phi) is 4.97. The molecule has 0 unspecified atom stereocenters. The number of amides is 2. The van der Waals surface area contributed by atoms with Crippen LogP contribution in [-0.2, 0) is 16.0 Å². The number of anilines is 2. The van der Waals surface area contributed by atoms with Crippen molar-refractivity contribution in [2.45, 2.75) is 26.2 Å². The van der Waals surface area contributed by atoms with Crippen molar-refractivity contribution >= 4 is 23.3 Å². The number of hydrogen-bond acceptors (Lipinski definition) is 4. The fraction of sp³-hybridized carbons (Fsp3) is 0.316. The second-order valence-electron chi connectivity index (χ2n) is 6.18. The van der Waals surface area contributed by atoms with Gasteiger partial charge in [0, 0.05) is 24.8 Å². The highest BCUT2D eigenvalue weighted by Crippen LogP contribution is 2.27. The zero-order chi connectivity index (χ0) is 17.8. The molecule has 2 N–H and O–H groups in total. The van der Waals surface area contributed by atoms with E-state index in [9.17, 15) is 14.7 Å². The maximum Gasteiger partial charge on any atom is 0.231 e. The molecular formula is C19H21N3O3. The van der Waals surface area contributed by atoms with Crippen LogP contribution in [0.3, 0.4) is 0 Å². The lowest BCUT2D eigenvalue weighted by molar-refractivity contribution is -0.122. The van der Waals surface area contributed by atoms with Gasteiger partial charge in [0.25, 0.3) is 0 Å². The highest BCUT2D eigenvalue weighted by Gasteiger charge is 2.35. The van der Waals surface area contributed by atoms with Gasteiger partial charge in [0.1, 0.15) is 0 Å². The van der Waals surface area contributed by atoms with Gasteiger partial charge in [0.15, 0.2) is 11.6 Å². The van der Waals surface area contributed by atoms with E-state index in [2.05, 4.69) is 17.2 Å². The summed E-state index contributed by atoms with van der Waals surface area (Å²) in [6, 6.07) is 10.9. The SMILES string of the molecule is CCCc1ccc(N2C[C@H](C(=O)Nc3ncccc3O)CC2=O)cc1. The molecule has 0 spiro atoms. The van der Waals surface area contributed by atoms with Crippen molar-refractivity contribution in [1.29, 1.82) is 0 Å². The van der Waals surface area contributed by atoms with E-state index in [-0.39, 0.29) is 29.8 Å². The maximum atomic E-state index is 12.4. The van der Waals surface area contributed by atoms with E-state index in [1.54, 1.807) is 11.0 Å². The highest BCUT2D eigenvalue weighted by molar-refractivity contribution is 6.03. The second kappa shape index (κ2) is 7.34. The molecule has 6 nitrogen and oxygen atoms in total. The molecule has 0 saturated carbocycles. The Labute approximate surface area is 146 Å². The maximum absolute atomic E-state index is 12.4. The summed E-state index contributed by atoms with van der Waals surface area (Å²) >= 11 is 0. The normalized spacial score (nSPS) is 16.9. The van der Waals surface area contributed by atoms with Gasteiger partial charge in [-0.15, -0.1) is 0 Å². The zero-order valence-electron chi connectivity index (χ0n) is 14.1. The van der Waals surface area contributed by atoms with Crippen molar-refractivity contribution in [3.63, 3.8) is 0 Å². The number of carbonyl (C=O) groups excluding carboxylic acids is 2. The zero-order valence-corrected chi connectivity index (χ0v) is 14.1. The van der Waals surface area contributed by atoms with E-state index in [0.717, 1.165) is 18.5 Å².